The van der Waals surface area contributed by atoms with Gasteiger partial charge in [0.25, 0.3) is 0 Å². The van der Waals surface area contributed by atoms with E-state index in [0.29, 0.717) is 0 Å². The first-order valence-electron chi connectivity index (χ1n) is 3.84. The Morgan fingerprint density at radius 3 is 2.69 bits per heavy atom. The van der Waals surface area contributed by atoms with Gasteiger partial charge in [-0.2, -0.15) is 0 Å². The van der Waals surface area contributed by atoms with Crippen molar-refractivity contribution in [3.8, 4) is 0 Å². The number of rotatable bonds is 1. The summed E-state index contributed by atoms with van der Waals surface area (Å²) in [7, 11) is 0. The number of hydrogen-bond donors (Lipinski definition) is 1. The third-order valence-electron chi connectivity index (χ3n) is 1.92. The average molecular weight is 196 g/mol. The number of hydrogen-bond acceptors (Lipinski definition) is 2. The highest BCUT2D eigenvalue weighted by atomic mass is 35.5. The molecule has 1 aromatic carbocycles. The average Bonchev–Trinajstić information content (AvgIpc) is 2.17. The van der Waals surface area contributed by atoms with Gasteiger partial charge in [0.1, 0.15) is 0 Å². The van der Waals surface area contributed by atoms with Crippen LogP contribution in [0.25, 0.3) is 10.8 Å². The Balaban J connectivity index is 0.000000845. The highest BCUT2D eigenvalue weighted by molar-refractivity contribution is 5.85. The van der Waals surface area contributed by atoms with E-state index >= 15 is 0 Å². The van der Waals surface area contributed by atoms with Gasteiger partial charge in [0.2, 0.25) is 0 Å². The predicted octanol–water partition coefficient (Wildman–Crippen LogP) is 2.15. The van der Waals surface area contributed by atoms with Crippen molar-refractivity contribution in [2.24, 2.45) is 0 Å². The van der Waals surface area contributed by atoms with E-state index < -0.39 is 0 Å². The van der Waals surface area contributed by atoms with Gasteiger partial charge in [-0.05, 0) is 5.39 Å². The molecule has 0 amide bonds. The molecular formula is C10H10ClNO. The molecule has 0 aliphatic rings. The highest BCUT2D eigenvalue weighted by Crippen LogP contribution is 2.16. The van der Waals surface area contributed by atoms with Crippen molar-refractivity contribution in [1.82, 2.24) is 4.98 Å². The van der Waals surface area contributed by atoms with E-state index in [4.69, 9.17) is 5.11 Å². The van der Waals surface area contributed by atoms with Crippen LogP contribution in [0.3, 0.4) is 0 Å². The molecular weight excluding hydrogens is 186 g/mol. The Labute approximate surface area is 82.6 Å². The monoisotopic (exact) mass is 195 g/mol. The number of nitrogens with zero attached hydrogens (tertiary/aromatic N) is 1. The van der Waals surface area contributed by atoms with Crippen LogP contribution < -0.4 is 0 Å². The zero-order valence-corrected chi connectivity index (χ0v) is 7.79. The second-order valence-corrected chi connectivity index (χ2v) is 2.68. The summed E-state index contributed by atoms with van der Waals surface area (Å²) in [4.78, 5) is 4.02. The number of aliphatic hydroxyl groups is 1. The first-order valence-corrected chi connectivity index (χ1v) is 3.84. The standard InChI is InChI=1S/C10H9NO.ClH/c12-7-9-6-11-5-8-3-1-2-4-10(8)9;/h1-6,12H,7H2;1H. The molecule has 0 bridgehead atoms. The molecule has 2 aromatic rings. The summed E-state index contributed by atoms with van der Waals surface area (Å²) in [6.07, 6.45) is 3.50. The van der Waals surface area contributed by atoms with Gasteiger partial charge in [0, 0.05) is 23.3 Å². The Morgan fingerprint density at radius 2 is 1.92 bits per heavy atom. The molecule has 1 N–H and O–H groups in total. The van der Waals surface area contributed by atoms with Crippen molar-refractivity contribution < 1.29 is 5.11 Å². The van der Waals surface area contributed by atoms with Crippen LogP contribution in [0.5, 0.6) is 0 Å². The van der Waals surface area contributed by atoms with E-state index in [0.717, 1.165) is 16.3 Å². The summed E-state index contributed by atoms with van der Waals surface area (Å²) < 4.78 is 0. The van der Waals surface area contributed by atoms with E-state index in [-0.39, 0.29) is 19.0 Å². The maximum absolute atomic E-state index is 9.00. The molecule has 0 spiro atoms. The van der Waals surface area contributed by atoms with Crippen molar-refractivity contribution >= 4 is 23.2 Å². The molecule has 2 nitrogen and oxygen atoms in total. The van der Waals surface area contributed by atoms with Gasteiger partial charge >= 0.3 is 0 Å². The van der Waals surface area contributed by atoms with Crippen LogP contribution in [0.2, 0.25) is 0 Å². The van der Waals surface area contributed by atoms with Gasteiger partial charge in [-0.25, -0.2) is 0 Å². The molecule has 0 saturated carbocycles. The Hall–Kier alpha value is -1.12. The second-order valence-electron chi connectivity index (χ2n) is 2.68. The fraction of sp³-hybridized carbons (Fsp3) is 0.100. The largest absolute Gasteiger partial charge is 0.392 e. The number of fused-ring (bicyclic) bond motifs is 1. The molecule has 2 rings (SSSR count). The van der Waals surface area contributed by atoms with Crippen LogP contribution in [0, 0.1) is 0 Å². The van der Waals surface area contributed by atoms with Crippen LogP contribution in [0.1, 0.15) is 5.56 Å². The van der Waals surface area contributed by atoms with Crippen molar-refractivity contribution in [3.63, 3.8) is 0 Å². The number of pyridine rings is 1. The minimum atomic E-state index is 0. The molecule has 0 aliphatic carbocycles. The van der Waals surface area contributed by atoms with Crippen molar-refractivity contribution in [3.05, 3.63) is 42.2 Å². The van der Waals surface area contributed by atoms with Crippen molar-refractivity contribution in [1.29, 1.82) is 0 Å². The van der Waals surface area contributed by atoms with Gasteiger partial charge < -0.3 is 5.11 Å². The summed E-state index contributed by atoms with van der Waals surface area (Å²) in [5.41, 5.74) is 0.883. The normalized spacial score (nSPS) is 9.62. The Morgan fingerprint density at radius 1 is 1.15 bits per heavy atom. The number of benzene rings is 1. The summed E-state index contributed by atoms with van der Waals surface area (Å²) in [6.45, 7) is 0.0500. The van der Waals surface area contributed by atoms with Gasteiger partial charge in [0.05, 0.1) is 6.61 Å². The lowest BCUT2D eigenvalue weighted by Gasteiger charge is -2.00. The van der Waals surface area contributed by atoms with Gasteiger partial charge in [-0.3, -0.25) is 4.98 Å². The van der Waals surface area contributed by atoms with Crippen molar-refractivity contribution in [2.75, 3.05) is 0 Å². The third kappa shape index (κ3) is 1.79. The summed E-state index contributed by atoms with van der Waals surface area (Å²) in [6, 6.07) is 7.90. The molecule has 13 heavy (non-hydrogen) atoms. The zero-order chi connectivity index (χ0) is 8.39. The Bertz CT molecular complexity index is 398. The Kier molecular flexibility index (Phi) is 3.23. The van der Waals surface area contributed by atoms with Crippen LogP contribution >= 0.6 is 12.4 Å². The quantitative estimate of drug-likeness (QED) is 0.757. The molecule has 1 aromatic heterocycles. The predicted molar refractivity (Wildman–Crippen MR) is 54.9 cm³/mol. The summed E-state index contributed by atoms with van der Waals surface area (Å²) >= 11 is 0. The van der Waals surface area contributed by atoms with Crippen LogP contribution in [0.15, 0.2) is 36.7 Å². The molecule has 3 heteroatoms. The first kappa shape index (κ1) is 9.96. The minimum Gasteiger partial charge on any atom is -0.392 e. The van der Waals surface area contributed by atoms with E-state index in [1.54, 1.807) is 12.4 Å². The second kappa shape index (κ2) is 4.21. The maximum atomic E-state index is 9.00. The molecule has 0 unspecified atom stereocenters. The van der Waals surface area contributed by atoms with E-state index in [1.807, 2.05) is 24.3 Å². The molecule has 0 saturated heterocycles. The molecule has 68 valence electrons. The van der Waals surface area contributed by atoms with Crippen molar-refractivity contribution in [2.45, 2.75) is 6.61 Å². The topological polar surface area (TPSA) is 33.1 Å². The minimum absolute atomic E-state index is 0. The van der Waals surface area contributed by atoms with E-state index in [2.05, 4.69) is 4.98 Å². The highest BCUT2D eigenvalue weighted by Gasteiger charge is 1.97. The third-order valence-corrected chi connectivity index (χ3v) is 1.92. The fourth-order valence-corrected chi connectivity index (χ4v) is 1.31. The zero-order valence-electron chi connectivity index (χ0n) is 6.97. The number of halogens is 1. The smallest absolute Gasteiger partial charge is 0.0702 e. The summed E-state index contributed by atoms with van der Waals surface area (Å²) in [5.74, 6) is 0. The lowest BCUT2D eigenvalue weighted by atomic mass is 10.1. The van der Waals surface area contributed by atoms with Gasteiger partial charge in [-0.15, -0.1) is 12.4 Å². The number of aromatic nitrogens is 1. The molecule has 0 atom stereocenters. The van der Waals surface area contributed by atoms with Crippen LogP contribution in [0.4, 0.5) is 0 Å². The maximum Gasteiger partial charge on any atom is 0.0702 e. The molecule has 0 aliphatic heterocycles. The SMILES string of the molecule is Cl.OCc1cncc2ccccc12. The lowest BCUT2D eigenvalue weighted by molar-refractivity contribution is 0.283. The molecule has 1 heterocycles. The van der Waals surface area contributed by atoms with E-state index in [1.165, 1.54) is 0 Å². The van der Waals surface area contributed by atoms with Gasteiger partial charge in [0.15, 0.2) is 0 Å². The summed E-state index contributed by atoms with van der Waals surface area (Å²) in [5, 5.41) is 11.1. The molecule has 0 radical (unpaired) electrons. The fourth-order valence-electron chi connectivity index (χ4n) is 1.31. The molecule has 0 fully saturated rings. The van der Waals surface area contributed by atoms with Crippen LogP contribution in [-0.4, -0.2) is 10.1 Å². The van der Waals surface area contributed by atoms with Crippen LogP contribution in [-0.2, 0) is 6.61 Å². The first-order chi connectivity index (χ1) is 5.92. The number of aliphatic hydroxyl groups excluding tert-OH is 1. The van der Waals surface area contributed by atoms with E-state index in [9.17, 15) is 0 Å². The lowest BCUT2D eigenvalue weighted by Crippen LogP contribution is -1.86. The van der Waals surface area contributed by atoms with Gasteiger partial charge in [-0.1, -0.05) is 24.3 Å².